The van der Waals surface area contributed by atoms with Crippen molar-refractivity contribution in [3.05, 3.63) is 33.3 Å². The average Bonchev–Trinajstić information content (AvgIpc) is 2.11. The van der Waals surface area contributed by atoms with Crippen LogP contribution in [0.4, 0.5) is 0 Å². The maximum absolute atomic E-state index is 10.5. The Labute approximate surface area is 95.0 Å². The molecule has 0 saturated carbocycles. The molecule has 0 amide bonds. The number of nitrogens with two attached hydrogens (primary N) is 1. The quantitative estimate of drug-likeness (QED) is 0.889. The fourth-order valence-electron chi connectivity index (χ4n) is 1.03. The van der Waals surface area contributed by atoms with Gasteiger partial charge in [0.05, 0.1) is 0 Å². The first kappa shape index (κ1) is 11.5. The molecule has 0 aromatic heterocycles. The van der Waals surface area contributed by atoms with Crippen molar-refractivity contribution >= 4 is 33.5 Å². The van der Waals surface area contributed by atoms with Gasteiger partial charge in [0, 0.05) is 15.9 Å². The molecule has 1 aromatic rings. The van der Waals surface area contributed by atoms with Gasteiger partial charge in [-0.15, -0.1) is 0 Å². The van der Waals surface area contributed by atoms with E-state index in [9.17, 15) is 4.79 Å². The molecule has 0 fully saturated rings. The molecular weight excluding hydrogens is 269 g/mol. The molecule has 3 N–H and O–H groups in total. The first-order chi connectivity index (χ1) is 6.52. The molecule has 3 nitrogen and oxygen atoms in total. The Balaban J connectivity index is 2.91. The highest BCUT2D eigenvalue weighted by Gasteiger charge is 2.15. The lowest BCUT2D eigenvalue weighted by molar-refractivity contribution is -0.138. The Morgan fingerprint density at radius 2 is 2.29 bits per heavy atom. The number of benzene rings is 1. The summed E-state index contributed by atoms with van der Waals surface area (Å²) in [4.78, 5) is 10.5. The largest absolute Gasteiger partial charge is 0.480 e. The van der Waals surface area contributed by atoms with E-state index in [2.05, 4.69) is 15.9 Å². The maximum atomic E-state index is 10.5. The summed E-state index contributed by atoms with van der Waals surface area (Å²) >= 11 is 9.19. The summed E-state index contributed by atoms with van der Waals surface area (Å²) < 4.78 is 0.779. The number of aliphatic carboxylic acids is 1. The SMILES string of the molecule is N[C@H](Cc1c(Cl)cccc1Br)C(=O)O. The van der Waals surface area contributed by atoms with E-state index in [0.29, 0.717) is 5.02 Å². The zero-order chi connectivity index (χ0) is 10.7. The standard InChI is InChI=1S/C9H9BrClNO2/c10-6-2-1-3-7(11)5(6)4-8(12)9(13)14/h1-3,8H,4,12H2,(H,13,14)/t8-/m1/s1. The third-order valence-corrected chi connectivity index (χ3v) is 2.90. The molecule has 76 valence electrons. The lowest BCUT2D eigenvalue weighted by Crippen LogP contribution is -2.32. The maximum Gasteiger partial charge on any atom is 0.320 e. The smallest absolute Gasteiger partial charge is 0.320 e. The zero-order valence-electron chi connectivity index (χ0n) is 7.21. The Morgan fingerprint density at radius 3 is 2.79 bits per heavy atom. The normalized spacial score (nSPS) is 12.5. The Kier molecular flexibility index (Phi) is 3.92. The minimum atomic E-state index is -1.03. The van der Waals surface area contributed by atoms with Crippen LogP contribution in [-0.2, 0) is 11.2 Å². The second kappa shape index (κ2) is 4.77. The van der Waals surface area contributed by atoms with E-state index in [0.717, 1.165) is 10.0 Å². The van der Waals surface area contributed by atoms with Gasteiger partial charge in [-0.1, -0.05) is 33.6 Å². The van der Waals surface area contributed by atoms with Crippen LogP contribution in [0.5, 0.6) is 0 Å². The molecule has 0 spiro atoms. The van der Waals surface area contributed by atoms with Crippen molar-refractivity contribution in [1.29, 1.82) is 0 Å². The fourth-order valence-corrected chi connectivity index (χ4v) is 1.93. The number of carboxylic acid groups (broad SMARTS) is 1. The molecule has 0 heterocycles. The summed E-state index contributed by atoms with van der Waals surface area (Å²) in [6.45, 7) is 0. The van der Waals surface area contributed by atoms with Gasteiger partial charge in [0.2, 0.25) is 0 Å². The van der Waals surface area contributed by atoms with Crippen LogP contribution in [0.25, 0.3) is 0 Å². The van der Waals surface area contributed by atoms with Crippen molar-refractivity contribution in [3.63, 3.8) is 0 Å². The molecule has 0 aliphatic carbocycles. The van der Waals surface area contributed by atoms with Gasteiger partial charge in [-0.25, -0.2) is 0 Å². The van der Waals surface area contributed by atoms with Gasteiger partial charge < -0.3 is 10.8 Å². The second-order valence-electron chi connectivity index (χ2n) is 2.85. The summed E-state index contributed by atoms with van der Waals surface area (Å²) in [6, 6.07) is 4.36. The summed E-state index contributed by atoms with van der Waals surface area (Å²) in [7, 11) is 0. The van der Waals surface area contributed by atoms with Crippen molar-refractivity contribution in [2.45, 2.75) is 12.5 Å². The van der Waals surface area contributed by atoms with Crippen molar-refractivity contribution in [1.82, 2.24) is 0 Å². The van der Waals surface area contributed by atoms with E-state index < -0.39 is 12.0 Å². The van der Waals surface area contributed by atoms with Gasteiger partial charge in [0.15, 0.2) is 0 Å². The minimum absolute atomic E-state index is 0.218. The minimum Gasteiger partial charge on any atom is -0.480 e. The summed E-state index contributed by atoms with van der Waals surface area (Å²) in [5, 5.41) is 9.17. The lowest BCUT2D eigenvalue weighted by atomic mass is 10.1. The van der Waals surface area contributed by atoms with Crippen LogP contribution in [0.1, 0.15) is 5.56 Å². The molecule has 0 bridgehead atoms. The Bertz CT molecular complexity index is 336. The lowest BCUT2D eigenvalue weighted by Gasteiger charge is -2.09. The van der Waals surface area contributed by atoms with E-state index in [1.165, 1.54) is 0 Å². The third-order valence-electron chi connectivity index (χ3n) is 1.80. The fraction of sp³-hybridized carbons (Fsp3) is 0.222. The molecule has 14 heavy (non-hydrogen) atoms. The molecule has 5 heteroatoms. The number of hydrogen-bond acceptors (Lipinski definition) is 2. The molecule has 0 unspecified atom stereocenters. The van der Waals surface area contributed by atoms with E-state index in [4.69, 9.17) is 22.4 Å². The summed E-state index contributed by atoms with van der Waals surface area (Å²) in [6.07, 6.45) is 0.218. The topological polar surface area (TPSA) is 63.3 Å². The summed E-state index contributed by atoms with van der Waals surface area (Å²) in [5.74, 6) is -1.03. The van der Waals surface area contributed by atoms with Crippen molar-refractivity contribution < 1.29 is 9.90 Å². The van der Waals surface area contributed by atoms with Gasteiger partial charge in [-0.05, 0) is 17.7 Å². The van der Waals surface area contributed by atoms with E-state index >= 15 is 0 Å². The van der Waals surface area contributed by atoms with Crippen molar-refractivity contribution in [3.8, 4) is 0 Å². The van der Waals surface area contributed by atoms with E-state index in [-0.39, 0.29) is 6.42 Å². The Hall–Kier alpha value is -0.580. The number of carboxylic acids is 1. The Morgan fingerprint density at radius 1 is 1.64 bits per heavy atom. The highest BCUT2D eigenvalue weighted by atomic mass is 79.9. The third kappa shape index (κ3) is 2.70. The van der Waals surface area contributed by atoms with E-state index in [1.807, 2.05) is 0 Å². The molecule has 1 rings (SSSR count). The van der Waals surface area contributed by atoms with Crippen molar-refractivity contribution in [2.24, 2.45) is 5.73 Å². The number of hydrogen-bond donors (Lipinski definition) is 2. The first-order valence-corrected chi connectivity index (χ1v) is 5.10. The van der Waals surface area contributed by atoms with Gasteiger partial charge in [-0.2, -0.15) is 0 Å². The second-order valence-corrected chi connectivity index (χ2v) is 4.11. The summed E-state index contributed by atoms with van der Waals surface area (Å²) in [5.41, 5.74) is 6.13. The van der Waals surface area contributed by atoms with Gasteiger partial charge in [0.1, 0.15) is 6.04 Å². The molecule has 0 radical (unpaired) electrons. The first-order valence-electron chi connectivity index (χ1n) is 3.93. The number of halogens is 2. The van der Waals surface area contributed by atoms with Crippen LogP contribution in [0.15, 0.2) is 22.7 Å². The molecule has 1 aromatic carbocycles. The van der Waals surface area contributed by atoms with Crippen LogP contribution in [0.3, 0.4) is 0 Å². The van der Waals surface area contributed by atoms with Gasteiger partial charge in [0.25, 0.3) is 0 Å². The van der Waals surface area contributed by atoms with Gasteiger partial charge >= 0.3 is 5.97 Å². The zero-order valence-corrected chi connectivity index (χ0v) is 9.55. The molecule has 0 aliphatic rings. The van der Waals surface area contributed by atoms with Crippen molar-refractivity contribution in [2.75, 3.05) is 0 Å². The number of carbonyl (C=O) groups is 1. The molecule has 0 saturated heterocycles. The van der Waals surface area contributed by atoms with Crippen LogP contribution >= 0.6 is 27.5 Å². The molecule has 0 aliphatic heterocycles. The van der Waals surface area contributed by atoms with Gasteiger partial charge in [-0.3, -0.25) is 4.79 Å². The monoisotopic (exact) mass is 277 g/mol. The van der Waals surface area contributed by atoms with Crippen LogP contribution < -0.4 is 5.73 Å². The number of rotatable bonds is 3. The molecule has 1 atom stereocenters. The highest BCUT2D eigenvalue weighted by molar-refractivity contribution is 9.10. The van der Waals surface area contributed by atoms with Crippen LogP contribution in [0.2, 0.25) is 5.02 Å². The predicted molar refractivity (Wildman–Crippen MR) is 58.5 cm³/mol. The predicted octanol–water partition coefficient (Wildman–Crippen LogP) is 2.06. The van der Waals surface area contributed by atoms with E-state index in [1.54, 1.807) is 18.2 Å². The highest BCUT2D eigenvalue weighted by Crippen LogP contribution is 2.25. The average molecular weight is 279 g/mol. The van der Waals surface area contributed by atoms with Crippen LogP contribution in [0, 0.1) is 0 Å². The molecular formula is C9H9BrClNO2. The van der Waals surface area contributed by atoms with Crippen LogP contribution in [-0.4, -0.2) is 17.1 Å².